The number of carbonyl (C=O) groups is 1. The van der Waals surface area contributed by atoms with Crippen molar-refractivity contribution >= 4 is 5.91 Å². The van der Waals surface area contributed by atoms with Gasteiger partial charge in [-0.2, -0.15) is 0 Å². The zero-order valence-electron chi connectivity index (χ0n) is 11.4. The van der Waals surface area contributed by atoms with Crippen molar-refractivity contribution in [3.8, 4) is 5.75 Å². The molecule has 0 saturated carbocycles. The number of aromatic nitrogens is 1. The lowest BCUT2D eigenvalue weighted by Crippen LogP contribution is -2.28. The van der Waals surface area contributed by atoms with Gasteiger partial charge >= 0.3 is 0 Å². The third kappa shape index (κ3) is 3.57. The normalized spacial score (nSPS) is 11.8. The minimum atomic E-state index is -0.226. The maximum atomic E-state index is 12.2. The van der Waals surface area contributed by atoms with Gasteiger partial charge in [0.05, 0.1) is 17.8 Å². The van der Waals surface area contributed by atoms with E-state index in [4.69, 9.17) is 0 Å². The van der Waals surface area contributed by atoms with E-state index in [2.05, 4.69) is 17.2 Å². The molecule has 0 radical (unpaired) electrons. The molecule has 1 amide bonds. The average Bonchev–Trinajstić information content (AvgIpc) is 2.47. The lowest BCUT2D eigenvalue weighted by Gasteiger charge is -2.18. The molecule has 2 N–H and O–H groups in total. The van der Waals surface area contributed by atoms with Gasteiger partial charge in [0.1, 0.15) is 5.75 Å². The van der Waals surface area contributed by atoms with E-state index in [1.54, 1.807) is 0 Å². The van der Waals surface area contributed by atoms with Gasteiger partial charge in [-0.3, -0.25) is 9.78 Å². The van der Waals surface area contributed by atoms with E-state index in [0.717, 1.165) is 18.4 Å². The zero-order valence-corrected chi connectivity index (χ0v) is 11.4. The summed E-state index contributed by atoms with van der Waals surface area (Å²) in [4.78, 5) is 16.0. The van der Waals surface area contributed by atoms with Crippen molar-refractivity contribution in [2.24, 2.45) is 0 Å². The second-order valence-corrected chi connectivity index (χ2v) is 4.66. The summed E-state index contributed by atoms with van der Waals surface area (Å²) in [6.07, 6.45) is 4.58. The van der Waals surface area contributed by atoms with Crippen molar-refractivity contribution in [3.63, 3.8) is 0 Å². The highest BCUT2D eigenvalue weighted by atomic mass is 16.3. The molecule has 20 heavy (non-hydrogen) atoms. The summed E-state index contributed by atoms with van der Waals surface area (Å²) in [6, 6.07) is 11.3. The number of nitrogens with zero attached hydrogens (tertiary/aromatic N) is 1. The van der Waals surface area contributed by atoms with Crippen molar-refractivity contribution in [1.82, 2.24) is 10.3 Å². The Balaban J connectivity index is 2.14. The van der Waals surface area contributed by atoms with Crippen molar-refractivity contribution in [2.75, 3.05) is 0 Å². The summed E-state index contributed by atoms with van der Waals surface area (Å²) >= 11 is 0. The number of pyridine rings is 1. The fourth-order valence-corrected chi connectivity index (χ4v) is 2.09. The van der Waals surface area contributed by atoms with E-state index in [0.29, 0.717) is 5.56 Å². The molecule has 2 aromatic rings. The van der Waals surface area contributed by atoms with Crippen LogP contribution in [0, 0.1) is 0 Å². The lowest BCUT2D eigenvalue weighted by atomic mass is 10.0. The Morgan fingerprint density at radius 3 is 2.70 bits per heavy atom. The molecule has 4 nitrogen and oxygen atoms in total. The first-order valence-corrected chi connectivity index (χ1v) is 6.70. The molecule has 1 atom stereocenters. The van der Waals surface area contributed by atoms with Gasteiger partial charge in [-0.05, 0) is 18.1 Å². The third-order valence-corrected chi connectivity index (χ3v) is 3.07. The van der Waals surface area contributed by atoms with Crippen LogP contribution in [0.1, 0.15) is 41.7 Å². The Morgan fingerprint density at radius 1 is 1.30 bits per heavy atom. The Kier molecular flexibility index (Phi) is 4.71. The molecule has 0 aliphatic carbocycles. The quantitative estimate of drug-likeness (QED) is 0.877. The predicted molar refractivity (Wildman–Crippen MR) is 77.5 cm³/mol. The van der Waals surface area contributed by atoms with Crippen LogP contribution in [0.3, 0.4) is 0 Å². The topological polar surface area (TPSA) is 62.2 Å². The summed E-state index contributed by atoms with van der Waals surface area (Å²) in [5, 5.41) is 12.4. The maximum Gasteiger partial charge on any atom is 0.253 e. The fraction of sp³-hybridized carbons (Fsp3) is 0.250. The first kappa shape index (κ1) is 14.1. The zero-order chi connectivity index (χ0) is 14.4. The third-order valence-electron chi connectivity index (χ3n) is 3.07. The number of rotatable bonds is 5. The minimum Gasteiger partial charge on any atom is -0.506 e. The summed E-state index contributed by atoms with van der Waals surface area (Å²) in [5.41, 5.74) is 1.44. The van der Waals surface area contributed by atoms with Crippen molar-refractivity contribution in [2.45, 2.75) is 25.8 Å². The highest BCUT2D eigenvalue weighted by molar-refractivity contribution is 5.94. The second-order valence-electron chi connectivity index (χ2n) is 4.66. The Labute approximate surface area is 118 Å². The Bertz CT molecular complexity index is 570. The summed E-state index contributed by atoms with van der Waals surface area (Å²) in [6.45, 7) is 2.08. The molecule has 4 heteroatoms. The largest absolute Gasteiger partial charge is 0.506 e. The highest BCUT2D eigenvalue weighted by Gasteiger charge is 2.15. The van der Waals surface area contributed by atoms with Crippen LogP contribution in [0.5, 0.6) is 5.75 Å². The summed E-state index contributed by atoms with van der Waals surface area (Å²) in [7, 11) is 0. The number of nitrogens with one attached hydrogen (secondary N) is 1. The van der Waals surface area contributed by atoms with E-state index < -0.39 is 0 Å². The van der Waals surface area contributed by atoms with Crippen molar-refractivity contribution in [3.05, 3.63) is 59.9 Å². The number of hydrogen-bond donors (Lipinski definition) is 2. The smallest absolute Gasteiger partial charge is 0.253 e. The van der Waals surface area contributed by atoms with Gasteiger partial charge in [0.2, 0.25) is 0 Å². The van der Waals surface area contributed by atoms with Gasteiger partial charge in [0.15, 0.2) is 0 Å². The molecule has 0 bridgehead atoms. The van der Waals surface area contributed by atoms with Crippen LogP contribution in [0.25, 0.3) is 0 Å². The predicted octanol–water partition coefficient (Wildman–Crippen LogP) is 3.06. The second kappa shape index (κ2) is 6.70. The monoisotopic (exact) mass is 270 g/mol. The van der Waals surface area contributed by atoms with Gasteiger partial charge in [-0.15, -0.1) is 0 Å². The van der Waals surface area contributed by atoms with Crippen LogP contribution in [0.2, 0.25) is 0 Å². The number of carbonyl (C=O) groups excluding carboxylic acids is 1. The molecule has 1 aromatic heterocycles. The molecule has 1 unspecified atom stereocenters. The number of hydrogen-bond acceptors (Lipinski definition) is 3. The molecule has 2 rings (SSSR count). The van der Waals surface area contributed by atoms with Crippen LogP contribution in [-0.4, -0.2) is 16.0 Å². The maximum absolute atomic E-state index is 12.2. The summed E-state index contributed by atoms with van der Waals surface area (Å²) < 4.78 is 0. The van der Waals surface area contributed by atoms with Gasteiger partial charge in [-0.25, -0.2) is 0 Å². The number of amides is 1. The SMILES string of the molecule is CCCC(NC(=O)c1cncc(O)c1)c1ccccc1. The van der Waals surface area contributed by atoms with Gasteiger partial charge in [-0.1, -0.05) is 43.7 Å². The minimum absolute atomic E-state index is 0.00981. The Morgan fingerprint density at radius 2 is 2.05 bits per heavy atom. The van der Waals surface area contributed by atoms with E-state index in [9.17, 15) is 9.90 Å². The lowest BCUT2D eigenvalue weighted by molar-refractivity contribution is 0.0933. The van der Waals surface area contributed by atoms with Crippen LogP contribution >= 0.6 is 0 Å². The standard InChI is InChI=1S/C16H18N2O2/c1-2-6-15(12-7-4-3-5-8-12)18-16(20)13-9-14(19)11-17-10-13/h3-5,7-11,15,19H,2,6H2,1H3,(H,18,20). The molecule has 0 aliphatic rings. The average molecular weight is 270 g/mol. The van der Waals surface area contributed by atoms with Crippen LogP contribution in [0.4, 0.5) is 0 Å². The van der Waals surface area contributed by atoms with E-state index in [-0.39, 0.29) is 17.7 Å². The molecular formula is C16H18N2O2. The van der Waals surface area contributed by atoms with Crippen LogP contribution < -0.4 is 5.32 Å². The van der Waals surface area contributed by atoms with E-state index in [1.807, 2.05) is 30.3 Å². The molecule has 0 fully saturated rings. The number of benzene rings is 1. The van der Waals surface area contributed by atoms with Crippen LogP contribution in [-0.2, 0) is 0 Å². The van der Waals surface area contributed by atoms with Crippen molar-refractivity contribution < 1.29 is 9.90 Å². The summed E-state index contributed by atoms with van der Waals surface area (Å²) in [5.74, 6) is -0.236. The first-order chi connectivity index (χ1) is 9.70. The van der Waals surface area contributed by atoms with Crippen LogP contribution in [0.15, 0.2) is 48.8 Å². The highest BCUT2D eigenvalue weighted by Crippen LogP contribution is 2.19. The van der Waals surface area contributed by atoms with E-state index >= 15 is 0 Å². The Hall–Kier alpha value is -2.36. The number of aromatic hydroxyl groups is 1. The molecule has 0 aliphatic heterocycles. The van der Waals surface area contributed by atoms with Gasteiger partial charge < -0.3 is 10.4 Å². The molecule has 104 valence electrons. The van der Waals surface area contributed by atoms with E-state index in [1.165, 1.54) is 18.5 Å². The molecule has 0 spiro atoms. The molecule has 1 heterocycles. The van der Waals surface area contributed by atoms with Gasteiger partial charge in [0.25, 0.3) is 5.91 Å². The first-order valence-electron chi connectivity index (χ1n) is 6.70. The molecule has 0 saturated heterocycles. The van der Waals surface area contributed by atoms with Crippen molar-refractivity contribution in [1.29, 1.82) is 0 Å². The fourth-order valence-electron chi connectivity index (χ4n) is 2.09. The van der Waals surface area contributed by atoms with Gasteiger partial charge in [0, 0.05) is 6.20 Å². The molecular weight excluding hydrogens is 252 g/mol. The molecule has 1 aromatic carbocycles.